The van der Waals surface area contributed by atoms with Gasteiger partial charge in [0.15, 0.2) is 0 Å². The molecule has 45 heavy (non-hydrogen) atoms. The number of hydrogen-bond donors (Lipinski definition) is 3. The highest BCUT2D eigenvalue weighted by molar-refractivity contribution is 6.07. The van der Waals surface area contributed by atoms with Crippen molar-refractivity contribution in [3.63, 3.8) is 0 Å². The first kappa shape index (κ1) is 36.4. The van der Waals surface area contributed by atoms with Gasteiger partial charge in [0.25, 0.3) is 0 Å². The number of aromatic nitrogens is 3. The van der Waals surface area contributed by atoms with E-state index in [0.29, 0.717) is 36.2 Å². The molecule has 254 valence electrons. The third-order valence-corrected chi connectivity index (χ3v) is 10.3. The molecule has 0 amide bonds. The summed E-state index contributed by atoms with van der Waals surface area (Å²) in [6, 6.07) is 1.45. The predicted octanol–water partition coefficient (Wildman–Crippen LogP) is 6.59. The van der Waals surface area contributed by atoms with Gasteiger partial charge in [-0.25, -0.2) is 0 Å². The van der Waals surface area contributed by atoms with Gasteiger partial charge in [-0.3, -0.25) is 0 Å². The van der Waals surface area contributed by atoms with Gasteiger partial charge in [0.1, 0.15) is 5.82 Å². The van der Waals surface area contributed by atoms with Crippen LogP contribution < -0.4 is 20.9 Å². The molecule has 2 aliphatic heterocycles. The van der Waals surface area contributed by atoms with E-state index in [1.807, 2.05) is 0 Å². The molecule has 0 aromatic carbocycles. The van der Waals surface area contributed by atoms with Crippen LogP contribution in [-0.2, 0) is 6.32 Å². The molecule has 8 nitrogen and oxygen atoms in total. The quantitative estimate of drug-likeness (QED) is 0.158. The van der Waals surface area contributed by atoms with Crippen LogP contribution in [0, 0.1) is 0 Å². The molecule has 2 radical (unpaired) electrons. The van der Waals surface area contributed by atoms with Crippen molar-refractivity contribution in [1.82, 2.24) is 30.5 Å². The van der Waals surface area contributed by atoms with Gasteiger partial charge in [-0.05, 0) is 126 Å². The predicted molar refractivity (Wildman–Crippen MR) is 191 cm³/mol. The Morgan fingerprint density at radius 2 is 1.24 bits per heavy atom. The number of hydrogen-bond acceptors (Lipinski definition) is 8. The highest BCUT2D eigenvalue weighted by Crippen LogP contribution is 2.34. The second-order valence-corrected chi connectivity index (χ2v) is 17.2. The summed E-state index contributed by atoms with van der Waals surface area (Å²) >= 11 is 0. The van der Waals surface area contributed by atoms with Gasteiger partial charge in [-0.1, -0.05) is 39.0 Å². The molecule has 9 heteroatoms. The Balaban J connectivity index is 1.41. The van der Waals surface area contributed by atoms with Gasteiger partial charge in [0.2, 0.25) is 11.9 Å². The number of rotatable bonds is 14. The first-order valence-corrected chi connectivity index (χ1v) is 18.4. The average Bonchev–Trinajstić information content (AvgIpc) is 2.91. The second-order valence-electron chi connectivity index (χ2n) is 17.2. The number of nitrogens with zero attached hydrogens (tertiary/aromatic N) is 5. The van der Waals surface area contributed by atoms with Crippen LogP contribution in [-0.4, -0.2) is 87.6 Å². The maximum atomic E-state index is 6.14. The summed E-state index contributed by atoms with van der Waals surface area (Å²) in [5, 5.41) is 11.4. The largest absolute Gasteiger partial charge is 0.351 e. The maximum Gasteiger partial charge on any atom is 0.230 e. The smallest absolute Gasteiger partial charge is 0.230 e. The molecule has 1 saturated carbocycles. The fourth-order valence-corrected chi connectivity index (χ4v) is 9.13. The van der Waals surface area contributed by atoms with E-state index in [0.717, 1.165) is 38.3 Å². The molecule has 3 heterocycles. The summed E-state index contributed by atoms with van der Waals surface area (Å²) in [6.07, 6.45) is 16.0. The summed E-state index contributed by atoms with van der Waals surface area (Å²) in [5.74, 6) is 2.18. The van der Waals surface area contributed by atoms with E-state index in [9.17, 15) is 0 Å². The van der Waals surface area contributed by atoms with E-state index in [1.54, 1.807) is 0 Å². The van der Waals surface area contributed by atoms with Crippen molar-refractivity contribution < 1.29 is 0 Å². The Kier molecular flexibility index (Phi) is 12.3. The molecule has 2 saturated heterocycles. The monoisotopic (exact) mass is 623 g/mol. The summed E-state index contributed by atoms with van der Waals surface area (Å²) in [6.45, 7) is 24.4. The third kappa shape index (κ3) is 11.1. The van der Waals surface area contributed by atoms with Gasteiger partial charge in [-0.2, -0.15) is 15.0 Å². The van der Waals surface area contributed by atoms with Crippen LogP contribution in [0.3, 0.4) is 0 Å². The summed E-state index contributed by atoms with van der Waals surface area (Å²) in [5.41, 5.74) is 0.454. The topological polar surface area (TPSA) is 81.2 Å². The van der Waals surface area contributed by atoms with Crippen molar-refractivity contribution in [2.45, 2.75) is 192 Å². The molecule has 0 spiro atoms. The Morgan fingerprint density at radius 1 is 0.711 bits per heavy atom. The van der Waals surface area contributed by atoms with Crippen LogP contribution in [0.25, 0.3) is 0 Å². The highest BCUT2D eigenvalue weighted by Gasteiger charge is 2.41. The minimum absolute atomic E-state index is 0.0406. The van der Waals surface area contributed by atoms with Gasteiger partial charge >= 0.3 is 0 Å². The zero-order valence-electron chi connectivity index (χ0n) is 30.6. The van der Waals surface area contributed by atoms with Crippen LogP contribution in [0.15, 0.2) is 0 Å². The van der Waals surface area contributed by atoms with E-state index in [1.165, 1.54) is 70.8 Å². The molecule has 0 atom stereocenters. The number of anilines is 2. The number of unbranched alkanes of at least 4 members (excludes halogenated alkanes) is 3. The van der Waals surface area contributed by atoms with Crippen molar-refractivity contribution in [2.24, 2.45) is 0 Å². The normalized spacial score (nSPS) is 23.7. The van der Waals surface area contributed by atoms with Gasteiger partial charge in [0.05, 0.1) is 7.85 Å². The van der Waals surface area contributed by atoms with Gasteiger partial charge < -0.3 is 25.8 Å². The van der Waals surface area contributed by atoms with Crippen molar-refractivity contribution >= 4 is 19.7 Å². The van der Waals surface area contributed by atoms with E-state index in [4.69, 9.17) is 22.8 Å². The fourth-order valence-electron chi connectivity index (χ4n) is 9.13. The van der Waals surface area contributed by atoms with Crippen LogP contribution >= 0.6 is 0 Å². The average molecular weight is 623 g/mol. The van der Waals surface area contributed by atoms with Crippen LogP contribution in [0.5, 0.6) is 0 Å². The number of nitrogens with one attached hydrogen (secondary N) is 3. The summed E-state index contributed by atoms with van der Waals surface area (Å²) in [7, 11) is 6.14. The maximum absolute atomic E-state index is 6.14. The molecule has 3 aliphatic rings. The van der Waals surface area contributed by atoms with Crippen molar-refractivity contribution in [3.05, 3.63) is 5.82 Å². The molecule has 0 bridgehead atoms. The lowest BCUT2D eigenvalue weighted by Crippen LogP contribution is -2.62. The van der Waals surface area contributed by atoms with E-state index >= 15 is 0 Å². The van der Waals surface area contributed by atoms with Crippen LogP contribution in [0.1, 0.15) is 152 Å². The van der Waals surface area contributed by atoms with Gasteiger partial charge in [-0.15, -0.1) is 0 Å². The Hall–Kier alpha value is -1.45. The second kappa shape index (κ2) is 15.2. The molecule has 4 rings (SSSR count). The Bertz CT molecular complexity index is 1040. The van der Waals surface area contributed by atoms with E-state index in [-0.39, 0.29) is 22.2 Å². The lowest BCUT2D eigenvalue weighted by molar-refractivity contribution is 0.0681. The molecule has 1 aliphatic carbocycles. The van der Waals surface area contributed by atoms with Crippen molar-refractivity contribution in [1.29, 1.82) is 0 Å². The lowest BCUT2D eigenvalue weighted by Gasteiger charge is -2.49. The Labute approximate surface area is 277 Å². The summed E-state index contributed by atoms with van der Waals surface area (Å²) in [4.78, 5) is 20.0. The molecular weight excluding hydrogens is 555 g/mol. The van der Waals surface area contributed by atoms with E-state index in [2.05, 4.69) is 88.1 Å². The van der Waals surface area contributed by atoms with Crippen LogP contribution in [0.4, 0.5) is 11.9 Å². The highest BCUT2D eigenvalue weighted by atomic mass is 15.3. The van der Waals surface area contributed by atoms with E-state index < -0.39 is 0 Å². The fraction of sp³-hybridized carbons (Fsp3) is 0.917. The zero-order chi connectivity index (χ0) is 32.9. The molecule has 1 aromatic heterocycles. The zero-order valence-corrected chi connectivity index (χ0v) is 30.6. The molecule has 1 aromatic rings. The third-order valence-electron chi connectivity index (χ3n) is 10.3. The van der Waals surface area contributed by atoms with Crippen molar-refractivity contribution in [2.75, 3.05) is 29.9 Å². The first-order valence-electron chi connectivity index (χ1n) is 18.4. The molecule has 3 N–H and O–H groups in total. The van der Waals surface area contributed by atoms with Gasteiger partial charge in [0, 0.05) is 46.8 Å². The minimum Gasteiger partial charge on any atom is -0.351 e. The molecule has 0 unspecified atom stereocenters. The number of piperidine rings is 2. The molecule has 3 fully saturated rings. The Morgan fingerprint density at radius 3 is 1.78 bits per heavy atom. The summed E-state index contributed by atoms with van der Waals surface area (Å²) < 4.78 is 0. The SMILES string of the molecule is [B]Cc1nc(NC2CCCCC2)nc(N(CCCCCCN(CC)C2CC(C)(C)NC(C)(C)C2)C2CC(C)(C)NC(C)(C)C2)n1. The minimum atomic E-state index is 0.0406. The lowest BCUT2D eigenvalue weighted by atomic mass is 9.79. The standard InChI is InChI=1S/C36H67BN8/c1-10-44(28-22-33(2,3)42-34(4,5)23-28)20-16-11-12-17-21-45(29-24-35(6,7)43-36(8,9)25-29)32-40-30(26-37)39-31(41-32)38-27-18-14-13-15-19-27/h27-29,42-43H,10-26H2,1-9H3,(H,38,39,40,41). The van der Waals surface area contributed by atoms with Crippen molar-refractivity contribution in [3.8, 4) is 0 Å². The van der Waals surface area contributed by atoms with Crippen LogP contribution in [0.2, 0.25) is 0 Å². The first-order chi connectivity index (χ1) is 21.1. The molecular formula is C36H67BN8.